The highest BCUT2D eigenvalue weighted by atomic mass is 19.4. The molecule has 0 radical (unpaired) electrons. The fourth-order valence-electron chi connectivity index (χ4n) is 1.22. The molecule has 0 saturated heterocycles. The topological polar surface area (TPSA) is 37.8 Å². The molecule has 90 valence electrons. The lowest BCUT2D eigenvalue weighted by Gasteiger charge is -2.07. The second kappa shape index (κ2) is 5.67. The van der Waals surface area contributed by atoms with E-state index in [-0.39, 0.29) is 6.42 Å². The van der Waals surface area contributed by atoms with Crippen LogP contribution in [0, 0.1) is 6.92 Å². The summed E-state index contributed by atoms with van der Waals surface area (Å²) in [6.45, 7) is 2.32. The van der Waals surface area contributed by atoms with Crippen molar-refractivity contribution in [3.8, 4) is 0 Å². The van der Waals surface area contributed by atoms with E-state index in [2.05, 4.69) is 15.3 Å². The quantitative estimate of drug-likeness (QED) is 0.794. The van der Waals surface area contributed by atoms with E-state index in [4.69, 9.17) is 0 Å². The minimum atomic E-state index is -4.05. The van der Waals surface area contributed by atoms with Crippen molar-refractivity contribution < 1.29 is 13.2 Å². The number of nitrogens with one attached hydrogen (secondary N) is 1. The van der Waals surface area contributed by atoms with Crippen LogP contribution in [0.1, 0.15) is 25.0 Å². The van der Waals surface area contributed by atoms with E-state index in [1.54, 1.807) is 6.07 Å². The standard InChI is InChI=1S/C10H14F3N3/c1-8-6-9(16-7-15-8)14-5-3-2-4-10(11,12)13/h6-7H,2-5H2,1H3,(H,14,15,16). The molecule has 0 aliphatic carbocycles. The van der Waals surface area contributed by atoms with E-state index in [1.807, 2.05) is 6.92 Å². The molecule has 0 saturated carbocycles. The zero-order valence-electron chi connectivity index (χ0n) is 9.01. The molecular weight excluding hydrogens is 219 g/mol. The molecule has 0 amide bonds. The summed E-state index contributed by atoms with van der Waals surface area (Å²) in [7, 11) is 0. The third-order valence-corrected chi connectivity index (χ3v) is 2.00. The van der Waals surface area contributed by atoms with Gasteiger partial charge in [-0.25, -0.2) is 9.97 Å². The van der Waals surface area contributed by atoms with Crippen molar-refractivity contribution >= 4 is 5.82 Å². The number of nitrogens with zero attached hydrogens (tertiary/aromatic N) is 2. The molecule has 3 nitrogen and oxygen atoms in total. The highest BCUT2D eigenvalue weighted by molar-refractivity contribution is 5.33. The zero-order chi connectivity index (χ0) is 12.0. The minimum Gasteiger partial charge on any atom is -0.370 e. The van der Waals surface area contributed by atoms with Gasteiger partial charge in [0.1, 0.15) is 12.1 Å². The predicted octanol–water partition coefficient (Wildman–Crippen LogP) is 2.93. The molecule has 6 heteroatoms. The highest BCUT2D eigenvalue weighted by Crippen LogP contribution is 2.22. The Balaban J connectivity index is 2.17. The first-order valence-electron chi connectivity index (χ1n) is 5.07. The van der Waals surface area contributed by atoms with Gasteiger partial charge >= 0.3 is 6.18 Å². The van der Waals surface area contributed by atoms with Crippen LogP contribution in [-0.4, -0.2) is 22.7 Å². The van der Waals surface area contributed by atoms with Crippen molar-refractivity contribution in [1.82, 2.24) is 9.97 Å². The molecule has 1 aromatic rings. The number of aryl methyl sites for hydroxylation is 1. The van der Waals surface area contributed by atoms with Gasteiger partial charge in [0.25, 0.3) is 0 Å². The smallest absolute Gasteiger partial charge is 0.370 e. The Morgan fingerprint density at radius 1 is 1.25 bits per heavy atom. The lowest BCUT2D eigenvalue weighted by molar-refractivity contribution is -0.135. The summed E-state index contributed by atoms with van der Waals surface area (Å²) in [5.41, 5.74) is 0.827. The first-order chi connectivity index (χ1) is 7.47. The minimum absolute atomic E-state index is 0.139. The fourth-order valence-corrected chi connectivity index (χ4v) is 1.22. The Morgan fingerprint density at radius 2 is 2.00 bits per heavy atom. The molecule has 1 rings (SSSR count). The molecule has 0 fully saturated rings. The average Bonchev–Trinajstić information content (AvgIpc) is 2.15. The number of unbranched alkanes of at least 4 members (excludes halogenated alkanes) is 1. The number of alkyl halides is 3. The van der Waals surface area contributed by atoms with Gasteiger partial charge < -0.3 is 5.32 Å². The molecule has 0 aromatic carbocycles. The van der Waals surface area contributed by atoms with Gasteiger partial charge in [-0.15, -0.1) is 0 Å². The molecular formula is C10H14F3N3. The lowest BCUT2D eigenvalue weighted by Crippen LogP contribution is -2.09. The maximum absolute atomic E-state index is 11.8. The second-order valence-electron chi connectivity index (χ2n) is 3.54. The van der Waals surface area contributed by atoms with Crippen LogP contribution in [0.3, 0.4) is 0 Å². The highest BCUT2D eigenvalue weighted by Gasteiger charge is 2.25. The number of halogens is 3. The molecule has 0 spiro atoms. The van der Waals surface area contributed by atoms with Gasteiger partial charge in [-0.3, -0.25) is 0 Å². The maximum atomic E-state index is 11.8. The number of hydrogen-bond acceptors (Lipinski definition) is 3. The third-order valence-electron chi connectivity index (χ3n) is 2.00. The van der Waals surface area contributed by atoms with Crippen molar-refractivity contribution in [1.29, 1.82) is 0 Å². The van der Waals surface area contributed by atoms with Crippen molar-refractivity contribution in [2.45, 2.75) is 32.4 Å². The second-order valence-corrected chi connectivity index (χ2v) is 3.54. The SMILES string of the molecule is Cc1cc(NCCCCC(F)(F)F)ncn1. The first-order valence-corrected chi connectivity index (χ1v) is 5.07. The Labute approximate surface area is 92.1 Å². The summed E-state index contributed by atoms with van der Waals surface area (Å²) >= 11 is 0. The van der Waals surface area contributed by atoms with E-state index < -0.39 is 12.6 Å². The van der Waals surface area contributed by atoms with Crippen molar-refractivity contribution in [3.05, 3.63) is 18.1 Å². The molecule has 16 heavy (non-hydrogen) atoms. The van der Waals surface area contributed by atoms with E-state index in [9.17, 15) is 13.2 Å². The fraction of sp³-hybridized carbons (Fsp3) is 0.600. The summed E-state index contributed by atoms with van der Waals surface area (Å²) < 4.78 is 35.5. The molecule has 0 bridgehead atoms. The van der Waals surface area contributed by atoms with Crippen LogP contribution in [0.25, 0.3) is 0 Å². The van der Waals surface area contributed by atoms with Crippen LogP contribution in [-0.2, 0) is 0 Å². The lowest BCUT2D eigenvalue weighted by atomic mass is 10.2. The van der Waals surface area contributed by atoms with Crippen LogP contribution in [0.5, 0.6) is 0 Å². The maximum Gasteiger partial charge on any atom is 0.389 e. The Morgan fingerprint density at radius 3 is 2.62 bits per heavy atom. The van der Waals surface area contributed by atoms with Crippen molar-refractivity contribution in [3.63, 3.8) is 0 Å². The largest absolute Gasteiger partial charge is 0.389 e. The number of anilines is 1. The van der Waals surface area contributed by atoms with Gasteiger partial charge in [-0.2, -0.15) is 13.2 Å². The predicted molar refractivity (Wildman–Crippen MR) is 55.2 cm³/mol. The van der Waals surface area contributed by atoms with E-state index in [1.165, 1.54) is 6.33 Å². The van der Waals surface area contributed by atoms with Gasteiger partial charge in [0.05, 0.1) is 0 Å². The first kappa shape index (κ1) is 12.7. The summed E-state index contributed by atoms with van der Waals surface area (Å²) in [6.07, 6.45) is -2.74. The monoisotopic (exact) mass is 233 g/mol. The number of rotatable bonds is 5. The molecule has 0 unspecified atom stereocenters. The van der Waals surface area contributed by atoms with E-state index >= 15 is 0 Å². The Hall–Kier alpha value is -1.33. The van der Waals surface area contributed by atoms with Crippen molar-refractivity contribution in [2.24, 2.45) is 0 Å². The van der Waals surface area contributed by atoms with Crippen LogP contribution in [0.2, 0.25) is 0 Å². The Bertz CT molecular complexity index is 325. The molecule has 0 atom stereocenters. The summed E-state index contributed by atoms with van der Waals surface area (Å²) in [5.74, 6) is 0.652. The van der Waals surface area contributed by atoms with Gasteiger partial charge in [-0.1, -0.05) is 0 Å². The van der Waals surface area contributed by atoms with E-state index in [0.29, 0.717) is 18.8 Å². The van der Waals surface area contributed by atoms with Gasteiger partial charge in [0.15, 0.2) is 0 Å². The Kier molecular flexibility index (Phi) is 4.52. The zero-order valence-corrected chi connectivity index (χ0v) is 9.01. The van der Waals surface area contributed by atoms with Gasteiger partial charge in [0.2, 0.25) is 0 Å². The summed E-state index contributed by atoms with van der Waals surface area (Å²) in [6, 6.07) is 1.75. The summed E-state index contributed by atoms with van der Waals surface area (Å²) in [4.78, 5) is 7.86. The normalized spacial score (nSPS) is 11.5. The average molecular weight is 233 g/mol. The molecule has 0 aliphatic rings. The van der Waals surface area contributed by atoms with Gasteiger partial charge in [0, 0.05) is 24.7 Å². The molecule has 1 N–H and O–H groups in total. The summed E-state index contributed by atoms with van der Waals surface area (Å²) in [5, 5.41) is 2.95. The van der Waals surface area contributed by atoms with Crippen LogP contribution < -0.4 is 5.32 Å². The third kappa shape index (κ3) is 5.53. The number of aromatic nitrogens is 2. The van der Waals surface area contributed by atoms with Gasteiger partial charge in [-0.05, 0) is 19.8 Å². The molecule has 1 heterocycles. The molecule has 0 aliphatic heterocycles. The number of hydrogen-bond donors (Lipinski definition) is 1. The van der Waals surface area contributed by atoms with Crippen molar-refractivity contribution in [2.75, 3.05) is 11.9 Å². The van der Waals surface area contributed by atoms with E-state index in [0.717, 1.165) is 5.69 Å². The van der Waals surface area contributed by atoms with Crippen LogP contribution in [0.4, 0.5) is 19.0 Å². The molecule has 1 aromatic heterocycles. The van der Waals surface area contributed by atoms with Crippen LogP contribution in [0.15, 0.2) is 12.4 Å². The van der Waals surface area contributed by atoms with Crippen LogP contribution >= 0.6 is 0 Å².